The molecule has 0 aliphatic rings. The van der Waals surface area contributed by atoms with E-state index in [1.807, 2.05) is 25.2 Å². The average Bonchev–Trinajstić information content (AvgIpc) is 2.78. The number of rotatable bonds is 5. The SMILES string of the molecule is CNCCC(O)c1ccc2nc(C(C)C)[nH]c2c1. The van der Waals surface area contributed by atoms with Crippen molar-refractivity contribution in [2.24, 2.45) is 0 Å². The Kier molecular flexibility index (Phi) is 3.99. The normalized spacial score (nSPS) is 13.4. The van der Waals surface area contributed by atoms with Gasteiger partial charge in [0.15, 0.2) is 0 Å². The van der Waals surface area contributed by atoms with Gasteiger partial charge in [-0.1, -0.05) is 19.9 Å². The molecule has 0 saturated heterocycles. The van der Waals surface area contributed by atoms with Gasteiger partial charge in [0.1, 0.15) is 5.82 Å². The molecule has 2 aromatic rings. The van der Waals surface area contributed by atoms with E-state index in [9.17, 15) is 5.11 Å². The maximum Gasteiger partial charge on any atom is 0.109 e. The van der Waals surface area contributed by atoms with E-state index in [0.717, 1.165) is 29.0 Å². The second-order valence-corrected chi connectivity index (χ2v) is 4.96. The van der Waals surface area contributed by atoms with Crippen molar-refractivity contribution in [3.05, 3.63) is 29.6 Å². The van der Waals surface area contributed by atoms with Crippen molar-refractivity contribution in [3.63, 3.8) is 0 Å². The third-order valence-electron chi connectivity index (χ3n) is 3.12. The molecule has 3 N–H and O–H groups in total. The van der Waals surface area contributed by atoms with Crippen molar-refractivity contribution in [1.82, 2.24) is 15.3 Å². The Morgan fingerprint density at radius 2 is 2.17 bits per heavy atom. The largest absolute Gasteiger partial charge is 0.388 e. The quantitative estimate of drug-likeness (QED) is 0.760. The Morgan fingerprint density at radius 1 is 1.39 bits per heavy atom. The maximum absolute atomic E-state index is 10.1. The lowest BCUT2D eigenvalue weighted by molar-refractivity contribution is 0.168. The highest BCUT2D eigenvalue weighted by atomic mass is 16.3. The molecule has 0 spiro atoms. The minimum absolute atomic E-state index is 0.384. The van der Waals surface area contributed by atoms with E-state index < -0.39 is 6.10 Å². The predicted octanol–water partition coefficient (Wildman–Crippen LogP) is 2.33. The van der Waals surface area contributed by atoms with Gasteiger partial charge in [-0.15, -0.1) is 0 Å². The van der Waals surface area contributed by atoms with Crippen LogP contribution in [-0.2, 0) is 0 Å². The summed E-state index contributed by atoms with van der Waals surface area (Å²) >= 11 is 0. The van der Waals surface area contributed by atoms with Crippen LogP contribution in [0.1, 0.15) is 43.7 Å². The Hall–Kier alpha value is -1.39. The van der Waals surface area contributed by atoms with Crippen molar-refractivity contribution in [1.29, 1.82) is 0 Å². The molecule has 1 aromatic heterocycles. The number of aliphatic hydroxyl groups is 1. The summed E-state index contributed by atoms with van der Waals surface area (Å²) < 4.78 is 0. The van der Waals surface area contributed by atoms with Gasteiger partial charge in [0, 0.05) is 5.92 Å². The molecule has 1 unspecified atom stereocenters. The van der Waals surface area contributed by atoms with E-state index in [1.165, 1.54) is 0 Å². The van der Waals surface area contributed by atoms with Crippen LogP contribution in [0.15, 0.2) is 18.2 Å². The number of nitrogens with zero attached hydrogens (tertiary/aromatic N) is 1. The molecule has 4 heteroatoms. The number of H-pyrrole nitrogens is 1. The Bertz CT molecular complexity index is 519. The van der Waals surface area contributed by atoms with Gasteiger partial charge in [-0.05, 0) is 37.7 Å². The minimum atomic E-state index is -0.423. The average molecular weight is 247 g/mol. The summed E-state index contributed by atoms with van der Waals surface area (Å²) in [4.78, 5) is 7.83. The fraction of sp³-hybridized carbons (Fsp3) is 0.500. The van der Waals surface area contributed by atoms with Gasteiger partial charge in [-0.3, -0.25) is 0 Å². The number of benzene rings is 1. The zero-order valence-electron chi connectivity index (χ0n) is 11.2. The molecule has 4 nitrogen and oxygen atoms in total. The standard InChI is InChI=1S/C14H21N3O/c1-9(2)14-16-11-5-4-10(8-12(11)17-14)13(18)6-7-15-3/h4-5,8-9,13,15,18H,6-7H2,1-3H3,(H,16,17). The summed E-state index contributed by atoms with van der Waals surface area (Å²) in [6.07, 6.45) is 0.292. The van der Waals surface area contributed by atoms with Crippen LogP contribution in [0, 0.1) is 0 Å². The van der Waals surface area contributed by atoms with Crippen LogP contribution in [0.5, 0.6) is 0 Å². The molecule has 0 amide bonds. The molecule has 2 rings (SSSR count). The molecule has 0 bridgehead atoms. The van der Waals surface area contributed by atoms with Crippen LogP contribution in [-0.4, -0.2) is 28.7 Å². The third-order valence-corrected chi connectivity index (χ3v) is 3.12. The highest BCUT2D eigenvalue weighted by Crippen LogP contribution is 2.22. The van der Waals surface area contributed by atoms with Crippen molar-refractivity contribution in [2.75, 3.05) is 13.6 Å². The van der Waals surface area contributed by atoms with Crippen molar-refractivity contribution < 1.29 is 5.11 Å². The van der Waals surface area contributed by atoms with Crippen molar-refractivity contribution in [3.8, 4) is 0 Å². The molecule has 0 radical (unpaired) electrons. The van der Waals surface area contributed by atoms with Gasteiger partial charge in [-0.25, -0.2) is 4.98 Å². The Morgan fingerprint density at radius 3 is 2.83 bits per heavy atom. The van der Waals surface area contributed by atoms with E-state index in [-0.39, 0.29) is 0 Å². The summed E-state index contributed by atoms with van der Waals surface area (Å²) in [5, 5.41) is 13.1. The van der Waals surface area contributed by atoms with Gasteiger partial charge in [0.2, 0.25) is 0 Å². The number of nitrogens with one attached hydrogen (secondary N) is 2. The number of hydrogen-bond donors (Lipinski definition) is 3. The first-order valence-corrected chi connectivity index (χ1v) is 6.44. The first kappa shape index (κ1) is 13.1. The highest BCUT2D eigenvalue weighted by molar-refractivity contribution is 5.76. The molecule has 0 fully saturated rings. The zero-order chi connectivity index (χ0) is 13.1. The van der Waals surface area contributed by atoms with Crippen LogP contribution in [0.4, 0.5) is 0 Å². The topological polar surface area (TPSA) is 60.9 Å². The maximum atomic E-state index is 10.1. The van der Waals surface area contributed by atoms with Crippen molar-refractivity contribution >= 4 is 11.0 Å². The molecular weight excluding hydrogens is 226 g/mol. The molecule has 98 valence electrons. The fourth-order valence-electron chi connectivity index (χ4n) is 1.98. The van der Waals surface area contributed by atoms with Crippen LogP contribution >= 0.6 is 0 Å². The third kappa shape index (κ3) is 2.71. The summed E-state index contributed by atoms with van der Waals surface area (Å²) in [5.74, 6) is 1.38. The van der Waals surface area contributed by atoms with Gasteiger partial charge in [0.25, 0.3) is 0 Å². The van der Waals surface area contributed by atoms with Gasteiger partial charge >= 0.3 is 0 Å². The van der Waals surface area contributed by atoms with Crippen LogP contribution in [0.2, 0.25) is 0 Å². The van der Waals surface area contributed by atoms with Gasteiger partial charge < -0.3 is 15.4 Å². The first-order valence-electron chi connectivity index (χ1n) is 6.44. The molecule has 1 aromatic carbocycles. The summed E-state index contributed by atoms with van der Waals surface area (Å²) in [6.45, 7) is 5.03. The van der Waals surface area contributed by atoms with Crippen LogP contribution in [0.25, 0.3) is 11.0 Å². The molecule has 0 aliphatic heterocycles. The van der Waals surface area contributed by atoms with Crippen LogP contribution < -0.4 is 5.32 Å². The molecule has 1 atom stereocenters. The summed E-state index contributed by atoms with van der Waals surface area (Å²) in [5.41, 5.74) is 2.90. The van der Waals surface area contributed by atoms with E-state index >= 15 is 0 Å². The molecule has 18 heavy (non-hydrogen) atoms. The Labute approximate surface area is 107 Å². The number of aromatic amines is 1. The second-order valence-electron chi connectivity index (χ2n) is 4.96. The lowest BCUT2D eigenvalue weighted by atomic mass is 10.1. The number of fused-ring (bicyclic) bond motifs is 1. The predicted molar refractivity (Wildman–Crippen MR) is 73.7 cm³/mol. The summed E-state index contributed by atoms with van der Waals surface area (Å²) in [7, 11) is 1.89. The molecular formula is C14H21N3O. The van der Waals surface area contributed by atoms with E-state index in [4.69, 9.17) is 0 Å². The van der Waals surface area contributed by atoms with Gasteiger partial charge in [-0.2, -0.15) is 0 Å². The molecule has 1 heterocycles. The first-order chi connectivity index (χ1) is 8.61. The lowest BCUT2D eigenvalue weighted by Gasteiger charge is -2.10. The monoisotopic (exact) mass is 247 g/mol. The summed E-state index contributed by atoms with van der Waals surface area (Å²) in [6, 6.07) is 5.91. The number of aromatic nitrogens is 2. The lowest BCUT2D eigenvalue weighted by Crippen LogP contribution is -2.11. The van der Waals surface area contributed by atoms with Gasteiger partial charge in [0.05, 0.1) is 17.1 Å². The highest BCUT2D eigenvalue weighted by Gasteiger charge is 2.10. The number of hydrogen-bond acceptors (Lipinski definition) is 3. The molecule has 0 aliphatic carbocycles. The van der Waals surface area contributed by atoms with Crippen LogP contribution in [0.3, 0.4) is 0 Å². The van der Waals surface area contributed by atoms with E-state index in [0.29, 0.717) is 12.3 Å². The zero-order valence-corrected chi connectivity index (χ0v) is 11.2. The number of aliphatic hydroxyl groups excluding tert-OH is 1. The molecule has 0 saturated carbocycles. The smallest absolute Gasteiger partial charge is 0.109 e. The minimum Gasteiger partial charge on any atom is -0.388 e. The second kappa shape index (κ2) is 5.50. The fourth-order valence-corrected chi connectivity index (χ4v) is 1.98. The van der Waals surface area contributed by atoms with E-state index in [2.05, 4.69) is 29.1 Å². The van der Waals surface area contributed by atoms with E-state index in [1.54, 1.807) is 0 Å². The Balaban J connectivity index is 2.26. The van der Waals surface area contributed by atoms with Crippen molar-refractivity contribution in [2.45, 2.75) is 32.3 Å². The number of imidazole rings is 1.